The van der Waals surface area contributed by atoms with Gasteiger partial charge >= 0.3 is 0 Å². The van der Waals surface area contributed by atoms with Crippen molar-refractivity contribution >= 4 is 17.5 Å². The van der Waals surface area contributed by atoms with Gasteiger partial charge in [0, 0.05) is 25.2 Å². The molecular formula is C17H23N3O2. The second kappa shape index (κ2) is 6.90. The summed E-state index contributed by atoms with van der Waals surface area (Å²) in [5.74, 6) is -0.198. The van der Waals surface area contributed by atoms with E-state index < -0.39 is 0 Å². The zero-order chi connectivity index (χ0) is 15.4. The highest BCUT2D eigenvalue weighted by molar-refractivity contribution is 6.00. The monoisotopic (exact) mass is 301 g/mol. The van der Waals surface area contributed by atoms with Crippen LogP contribution in [-0.2, 0) is 9.59 Å². The minimum atomic E-state index is -0.240. The van der Waals surface area contributed by atoms with Gasteiger partial charge < -0.3 is 10.2 Å². The van der Waals surface area contributed by atoms with Crippen molar-refractivity contribution in [3.8, 4) is 0 Å². The van der Waals surface area contributed by atoms with Crippen LogP contribution < -0.4 is 10.2 Å². The molecule has 1 saturated heterocycles. The largest absolute Gasteiger partial charge is 0.353 e. The maximum Gasteiger partial charge on any atom is 0.227 e. The van der Waals surface area contributed by atoms with Crippen molar-refractivity contribution < 1.29 is 9.59 Å². The zero-order valence-electron chi connectivity index (χ0n) is 12.8. The molecule has 5 heteroatoms. The van der Waals surface area contributed by atoms with Gasteiger partial charge in [-0.15, -0.1) is 0 Å². The lowest BCUT2D eigenvalue weighted by Gasteiger charge is -2.19. The summed E-state index contributed by atoms with van der Waals surface area (Å²) < 4.78 is 0. The van der Waals surface area contributed by atoms with Gasteiger partial charge in [-0.2, -0.15) is 0 Å². The highest BCUT2D eigenvalue weighted by Gasteiger charge is 2.35. The summed E-state index contributed by atoms with van der Waals surface area (Å²) >= 11 is 0. The third kappa shape index (κ3) is 3.46. The average Bonchev–Trinajstić information content (AvgIpc) is 2.75. The van der Waals surface area contributed by atoms with Gasteiger partial charge in [0.2, 0.25) is 11.8 Å². The Kier molecular flexibility index (Phi) is 4.71. The Labute approximate surface area is 131 Å². The highest BCUT2D eigenvalue weighted by atomic mass is 16.2. The first kappa shape index (κ1) is 15.0. The predicted molar refractivity (Wildman–Crippen MR) is 84.3 cm³/mol. The lowest BCUT2D eigenvalue weighted by Crippen LogP contribution is -2.39. The molecule has 5 nitrogen and oxygen atoms in total. The molecule has 2 aliphatic rings. The molecule has 1 atom stereocenters. The summed E-state index contributed by atoms with van der Waals surface area (Å²) in [7, 11) is 0. The highest BCUT2D eigenvalue weighted by Crippen LogP contribution is 2.25. The first-order valence-electron chi connectivity index (χ1n) is 8.25. The molecule has 0 radical (unpaired) electrons. The number of pyridine rings is 1. The van der Waals surface area contributed by atoms with Gasteiger partial charge in [0.05, 0.1) is 17.8 Å². The Balaban J connectivity index is 1.59. The van der Waals surface area contributed by atoms with Crippen molar-refractivity contribution in [1.82, 2.24) is 10.3 Å². The van der Waals surface area contributed by atoms with Crippen LogP contribution >= 0.6 is 0 Å². The third-order valence-corrected chi connectivity index (χ3v) is 4.65. The molecule has 1 N–H and O–H groups in total. The fourth-order valence-corrected chi connectivity index (χ4v) is 3.39. The van der Waals surface area contributed by atoms with E-state index in [4.69, 9.17) is 0 Å². The van der Waals surface area contributed by atoms with Crippen LogP contribution in [-0.4, -0.2) is 29.4 Å². The van der Waals surface area contributed by atoms with Crippen LogP contribution in [0.3, 0.4) is 0 Å². The molecule has 1 aromatic heterocycles. The fraction of sp³-hybridized carbons (Fsp3) is 0.588. The Morgan fingerprint density at radius 2 is 2.00 bits per heavy atom. The van der Waals surface area contributed by atoms with E-state index in [1.807, 2.05) is 12.1 Å². The summed E-state index contributed by atoms with van der Waals surface area (Å²) in [4.78, 5) is 30.3. The van der Waals surface area contributed by atoms with E-state index in [1.54, 1.807) is 17.3 Å². The van der Waals surface area contributed by atoms with Gasteiger partial charge in [-0.25, -0.2) is 0 Å². The van der Waals surface area contributed by atoms with E-state index >= 15 is 0 Å². The lowest BCUT2D eigenvalue weighted by molar-refractivity contribution is -0.127. The van der Waals surface area contributed by atoms with Crippen LogP contribution in [0.1, 0.15) is 44.9 Å². The molecule has 1 unspecified atom stereocenters. The molecule has 0 bridgehead atoms. The van der Waals surface area contributed by atoms with Crippen LogP contribution in [0.15, 0.2) is 24.5 Å². The first-order chi connectivity index (χ1) is 10.7. The van der Waals surface area contributed by atoms with Gasteiger partial charge in [0.1, 0.15) is 0 Å². The molecule has 1 aliphatic heterocycles. The van der Waals surface area contributed by atoms with Crippen molar-refractivity contribution in [2.45, 2.75) is 51.0 Å². The summed E-state index contributed by atoms with van der Waals surface area (Å²) in [5, 5.41) is 3.16. The van der Waals surface area contributed by atoms with E-state index in [2.05, 4.69) is 10.3 Å². The fourth-order valence-electron chi connectivity index (χ4n) is 3.39. The molecule has 3 rings (SSSR count). The summed E-state index contributed by atoms with van der Waals surface area (Å²) in [6.07, 6.45) is 10.7. The molecule has 2 fully saturated rings. The second-order valence-electron chi connectivity index (χ2n) is 6.31. The zero-order valence-corrected chi connectivity index (χ0v) is 12.8. The van der Waals surface area contributed by atoms with Gasteiger partial charge in [-0.3, -0.25) is 14.6 Å². The van der Waals surface area contributed by atoms with Crippen LogP contribution in [0.5, 0.6) is 0 Å². The topological polar surface area (TPSA) is 62.3 Å². The number of nitrogens with zero attached hydrogens (tertiary/aromatic N) is 2. The normalized spacial score (nSPS) is 23.4. The number of hydrogen-bond donors (Lipinski definition) is 1. The minimum absolute atomic E-state index is 0.00835. The maximum absolute atomic E-state index is 12.4. The van der Waals surface area contributed by atoms with E-state index in [1.165, 1.54) is 25.7 Å². The van der Waals surface area contributed by atoms with Crippen molar-refractivity contribution in [3.63, 3.8) is 0 Å². The number of amides is 2. The quantitative estimate of drug-likeness (QED) is 0.871. The molecular weight excluding hydrogens is 278 g/mol. The number of carbonyl (C=O) groups excluding carboxylic acids is 2. The van der Waals surface area contributed by atoms with Gasteiger partial charge in [-0.05, 0) is 25.0 Å². The average molecular weight is 301 g/mol. The molecule has 1 aliphatic carbocycles. The van der Waals surface area contributed by atoms with Crippen LogP contribution in [0.2, 0.25) is 0 Å². The molecule has 118 valence electrons. The molecule has 0 aromatic carbocycles. The number of hydrogen-bond acceptors (Lipinski definition) is 3. The SMILES string of the molecule is O=C(NC1CCCCCC1)C1CC(=O)N(c2cccnc2)C1. The Bertz CT molecular complexity index is 524. The maximum atomic E-state index is 12.4. The lowest BCUT2D eigenvalue weighted by atomic mass is 10.0. The Morgan fingerprint density at radius 3 is 2.68 bits per heavy atom. The minimum Gasteiger partial charge on any atom is -0.353 e. The van der Waals surface area contributed by atoms with Gasteiger partial charge in [0.15, 0.2) is 0 Å². The predicted octanol–water partition coefficient (Wildman–Crippen LogP) is 2.27. The van der Waals surface area contributed by atoms with Crippen molar-refractivity contribution in [2.75, 3.05) is 11.4 Å². The third-order valence-electron chi connectivity index (χ3n) is 4.65. The summed E-state index contributed by atoms with van der Waals surface area (Å²) in [5.41, 5.74) is 0.775. The summed E-state index contributed by atoms with van der Waals surface area (Å²) in [6.45, 7) is 0.461. The second-order valence-corrected chi connectivity index (χ2v) is 6.31. The molecule has 0 spiro atoms. The van der Waals surface area contributed by atoms with Gasteiger partial charge in [-0.1, -0.05) is 25.7 Å². The Hall–Kier alpha value is -1.91. The molecule has 1 saturated carbocycles. The van der Waals surface area contributed by atoms with E-state index in [0.29, 0.717) is 13.0 Å². The van der Waals surface area contributed by atoms with Crippen molar-refractivity contribution in [1.29, 1.82) is 0 Å². The molecule has 22 heavy (non-hydrogen) atoms. The standard InChI is InChI=1S/C17H23N3O2/c21-16-10-13(12-20(16)15-8-5-9-18-11-15)17(22)19-14-6-3-1-2-4-7-14/h5,8-9,11,13-14H,1-4,6-7,10,12H2,(H,19,22). The number of anilines is 1. The number of rotatable bonds is 3. The van der Waals surface area contributed by atoms with Crippen LogP contribution in [0.25, 0.3) is 0 Å². The number of carbonyl (C=O) groups is 2. The molecule has 2 heterocycles. The van der Waals surface area contributed by atoms with E-state index in [-0.39, 0.29) is 23.8 Å². The number of aromatic nitrogens is 1. The van der Waals surface area contributed by atoms with Crippen molar-refractivity contribution in [3.05, 3.63) is 24.5 Å². The van der Waals surface area contributed by atoms with Gasteiger partial charge in [0.25, 0.3) is 0 Å². The molecule has 2 amide bonds. The molecule has 1 aromatic rings. The number of nitrogens with one attached hydrogen (secondary N) is 1. The van der Waals surface area contributed by atoms with E-state index in [0.717, 1.165) is 18.5 Å². The Morgan fingerprint density at radius 1 is 1.23 bits per heavy atom. The summed E-state index contributed by atoms with van der Waals surface area (Å²) in [6, 6.07) is 3.95. The van der Waals surface area contributed by atoms with Crippen LogP contribution in [0, 0.1) is 5.92 Å². The van der Waals surface area contributed by atoms with Crippen molar-refractivity contribution in [2.24, 2.45) is 5.92 Å². The van der Waals surface area contributed by atoms with E-state index in [9.17, 15) is 9.59 Å². The van der Waals surface area contributed by atoms with Crippen LogP contribution in [0.4, 0.5) is 5.69 Å². The first-order valence-corrected chi connectivity index (χ1v) is 8.25. The smallest absolute Gasteiger partial charge is 0.227 e.